The molecule has 0 fully saturated rings. The number of hydrogen-bond acceptors (Lipinski definition) is 5. The summed E-state index contributed by atoms with van der Waals surface area (Å²) in [6.45, 7) is 0.351. The summed E-state index contributed by atoms with van der Waals surface area (Å²) in [6, 6.07) is 10.9. The Bertz CT molecular complexity index is 903. The number of ether oxygens (including phenoxy) is 1. The molecule has 0 saturated heterocycles. The van der Waals surface area contributed by atoms with Crippen LogP contribution in [0.25, 0.3) is 0 Å². The van der Waals surface area contributed by atoms with Gasteiger partial charge in [-0.25, -0.2) is 4.79 Å². The van der Waals surface area contributed by atoms with E-state index < -0.39 is 23.7 Å². The van der Waals surface area contributed by atoms with Crippen LogP contribution in [0.15, 0.2) is 52.3 Å². The van der Waals surface area contributed by atoms with Crippen LogP contribution in [0, 0.1) is 0 Å². The number of carbonyl (C=O) groups excluding carboxylic acids is 2. The van der Waals surface area contributed by atoms with E-state index in [1.807, 2.05) is 5.32 Å². The first-order valence-corrected chi connectivity index (χ1v) is 8.92. The Kier molecular flexibility index (Phi) is 6.63. The first kappa shape index (κ1) is 22.1. The predicted molar refractivity (Wildman–Crippen MR) is 98.7 cm³/mol. The molecule has 150 valence electrons. The molecule has 0 bridgehead atoms. The Balaban J connectivity index is 2.22. The Morgan fingerprint density at radius 3 is 2.39 bits per heavy atom. The van der Waals surface area contributed by atoms with Gasteiger partial charge in [-0.05, 0) is 37.3 Å². The van der Waals surface area contributed by atoms with Crippen molar-refractivity contribution in [3.8, 4) is 0 Å². The fraction of sp³-hybridized carbons (Fsp3) is 0.222. The number of benzene rings is 2. The van der Waals surface area contributed by atoms with E-state index in [0.29, 0.717) is 22.3 Å². The normalized spacial score (nSPS) is 13.5. The molecule has 2 aromatic rings. The van der Waals surface area contributed by atoms with Crippen LogP contribution in [-0.2, 0) is 9.53 Å². The van der Waals surface area contributed by atoms with Crippen LogP contribution in [-0.4, -0.2) is 35.9 Å². The molecule has 0 radical (unpaired) electrons. The smallest absolute Gasteiger partial charge is 0.426 e. The van der Waals surface area contributed by atoms with Gasteiger partial charge in [-0.3, -0.25) is 4.79 Å². The predicted octanol–water partition coefficient (Wildman–Crippen LogP) is 4.53. The standard InChI is InChI=1S/C18H15ClF3NO4S/c1-17(26,18(20,21)22)16(25)23-13-8-7-10(9-12(13)19)28-14-6-4-3-5-11(14)15(24)27-2/h3-9,26H,1-2H3,(H,23,25). The molecule has 10 heteroatoms. The van der Waals surface area contributed by atoms with Crippen LogP contribution in [0.5, 0.6) is 0 Å². The second kappa shape index (κ2) is 8.42. The maximum absolute atomic E-state index is 12.7. The summed E-state index contributed by atoms with van der Waals surface area (Å²) in [5.41, 5.74) is -3.32. The second-order valence-corrected chi connectivity index (χ2v) is 7.28. The molecule has 5 nitrogen and oxygen atoms in total. The van der Waals surface area contributed by atoms with E-state index in [9.17, 15) is 27.9 Å². The van der Waals surface area contributed by atoms with E-state index in [1.54, 1.807) is 24.3 Å². The zero-order valence-corrected chi connectivity index (χ0v) is 16.2. The van der Waals surface area contributed by atoms with E-state index >= 15 is 0 Å². The third kappa shape index (κ3) is 4.78. The molecule has 0 saturated carbocycles. The largest absolute Gasteiger partial charge is 0.465 e. The number of methoxy groups -OCH3 is 1. The third-order valence-corrected chi connectivity index (χ3v) is 5.08. The average molecular weight is 434 g/mol. The molecule has 1 atom stereocenters. The number of alkyl halides is 3. The highest BCUT2D eigenvalue weighted by atomic mass is 35.5. The number of nitrogens with one attached hydrogen (secondary N) is 1. The molecule has 2 aromatic carbocycles. The van der Waals surface area contributed by atoms with Crippen molar-refractivity contribution in [3.63, 3.8) is 0 Å². The van der Waals surface area contributed by atoms with E-state index in [-0.39, 0.29) is 10.7 Å². The lowest BCUT2D eigenvalue weighted by Gasteiger charge is -2.25. The van der Waals surface area contributed by atoms with E-state index in [4.69, 9.17) is 16.3 Å². The lowest BCUT2D eigenvalue weighted by atomic mass is 10.1. The minimum absolute atomic E-state index is 0.0353. The molecule has 0 heterocycles. The minimum atomic E-state index is -5.14. The average Bonchev–Trinajstić information content (AvgIpc) is 2.62. The molecule has 1 unspecified atom stereocenters. The highest BCUT2D eigenvalue weighted by Gasteiger charge is 2.55. The van der Waals surface area contributed by atoms with Gasteiger partial charge in [-0.15, -0.1) is 0 Å². The number of aliphatic hydroxyl groups is 1. The Labute approximate surface area is 167 Å². The minimum Gasteiger partial charge on any atom is -0.465 e. The third-order valence-electron chi connectivity index (χ3n) is 3.70. The van der Waals surface area contributed by atoms with Crippen molar-refractivity contribution in [2.45, 2.75) is 28.5 Å². The molecule has 0 spiro atoms. The molecular formula is C18H15ClF3NO4S. The van der Waals surface area contributed by atoms with E-state index in [0.717, 1.165) is 0 Å². The summed E-state index contributed by atoms with van der Waals surface area (Å²) < 4.78 is 42.9. The van der Waals surface area contributed by atoms with Gasteiger partial charge in [0, 0.05) is 9.79 Å². The maximum Gasteiger partial charge on any atom is 0.426 e. The van der Waals surface area contributed by atoms with Gasteiger partial charge >= 0.3 is 12.1 Å². The monoisotopic (exact) mass is 433 g/mol. The molecule has 1 amide bonds. The van der Waals surface area contributed by atoms with E-state index in [1.165, 1.54) is 37.1 Å². The summed E-state index contributed by atoms with van der Waals surface area (Å²) in [6.07, 6.45) is -5.14. The fourth-order valence-electron chi connectivity index (χ4n) is 1.99. The van der Waals surface area contributed by atoms with Crippen molar-refractivity contribution >= 4 is 40.9 Å². The number of halogens is 4. The van der Waals surface area contributed by atoms with Crippen molar-refractivity contribution in [1.82, 2.24) is 0 Å². The van der Waals surface area contributed by atoms with Crippen molar-refractivity contribution < 1.29 is 32.6 Å². The number of esters is 1. The van der Waals surface area contributed by atoms with Gasteiger partial charge < -0.3 is 15.2 Å². The highest BCUT2D eigenvalue weighted by Crippen LogP contribution is 2.36. The van der Waals surface area contributed by atoms with Crippen LogP contribution in [0.4, 0.5) is 18.9 Å². The molecule has 0 aromatic heterocycles. The van der Waals surface area contributed by atoms with Gasteiger partial charge in [0.25, 0.3) is 5.91 Å². The van der Waals surface area contributed by atoms with Crippen LogP contribution >= 0.6 is 23.4 Å². The van der Waals surface area contributed by atoms with Gasteiger partial charge in [-0.2, -0.15) is 13.2 Å². The number of amides is 1. The van der Waals surface area contributed by atoms with Crippen molar-refractivity contribution in [2.24, 2.45) is 0 Å². The summed E-state index contributed by atoms with van der Waals surface area (Å²) in [4.78, 5) is 24.7. The molecule has 0 aliphatic heterocycles. The molecule has 2 rings (SSSR count). The fourth-order valence-corrected chi connectivity index (χ4v) is 3.26. The van der Waals surface area contributed by atoms with Crippen molar-refractivity contribution in [1.29, 1.82) is 0 Å². The lowest BCUT2D eigenvalue weighted by molar-refractivity contribution is -0.242. The topological polar surface area (TPSA) is 75.6 Å². The summed E-state index contributed by atoms with van der Waals surface area (Å²) in [7, 11) is 1.26. The molecule has 2 N–H and O–H groups in total. The van der Waals surface area contributed by atoms with Gasteiger partial charge in [0.1, 0.15) is 0 Å². The van der Waals surface area contributed by atoms with Crippen LogP contribution in [0.1, 0.15) is 17.3 Å². The Morgan fingerprint density at radius 1 is 1.18 bits per heavy atom. The van der Waals surface area contributed by atoms with Crippen LogP contribution in [0.2, 0.25) is 5.02 Å². The van der Waals surface area contributed by atoms with Crippen molar-refractivity contribution in [2.75, 3.05) is 12.4 Å². The first-order valence-electron chi connectivity index (χ1n) is 7.72. The van der Waals surface area contributed by atoms with Gasteiger partial charge in [-0.1, -0.05) is 35.5 Å². The highest BCUT2D eigenvalue weighted by molar-refractivity contribution is 7.99. The number of carbonyl (C=O) groups is 2. The van der Waals surface area contributed by atoms with Crippen LogP contribution in [0.3, 0.4) is 0 Å². The number of hydrogen-bond donors (Lipinski definition) is 2. The zero-order chi connectivity index (χ0) is 21.1. The molecule has 0 aliphatic carbocycles. The SMILES string of the molecule is COC(=O)c1ccccc1Sc1ccc(NC(=O)C(C)(O)C(F)(F)F)c(Cl)c1. The molecule has 28 heavy (non-hydrogen) atoms. The summed E-state index contributed by atoms with van der Waals surface area (Å²) >= 11 is 7.23. The van der Waals surface area contributed by atoms with Crippen molar-refractivity contribution in [3.05, 3.63) is 53.1 Å². The second-order valence-electron chi connectivity index (χ2n) is 5.76. The van der Waals surface area contributed by atoms with Crippen LogP contribution < -0.4 is 5.32 Å². The lowest BCUT2D eigenvalue weighted by Crippen LogP contribution is -2.52. The summed E-state index contributed by atoms with van der Waals surface area (Å²) in [5, 5.41) is 11.3. The maximum atomic E-state index is 12.7. The van der Waals surface area contributed by atoms with Gasteiger partial charge in [0.2, 0.25) is 5.60 Å². The van der Waals surface area contributed by atoms with Gasteiger partial charge in [0.05, 0.1) is 23.4 Å². The zero-order valence-electron chi connectivity index (χ0n) is 14.6. The first-order chi connectivity index (χ1) is 13.0. The Hall–Kier alpha value is -2.23. The summed E-state index contributed by atoms with van der Waals surface area (Å²) in [5.74, 6) is -2.18. The molecule has 0 aliphatic rings. The Morgan fingerprint density at radius 2 is 1.82 bits per heavy atom. The van der Waals surface area contributed by atoms with E-state index in [2.05, 4.69) is 0 Å². The number of rotatable bonds is 5. The quantitative estimate of drug-likeness (QED) is 0.677. The number of anilines is 1. The molecular weight excluding hydrogens is 419 g/mol. The van der Waals surface area contributed by atoms with Gasteiger partial charge in [0.15, 0.2) is 0 Å².